The van der Waals surface area contributed by atoms with Gasteiger partial charge in [-0.15, -0.1) is 0 Å². The third-order valence-corrected chi connectivity index (χ3v) is 7.28. The Bertz CT molecular complexity index is 1530. The number of fused-ring (bicyclic) bond motifs is 11. The molecule has 2 aliphatic rings. The summed E-state index contributed by atoms with van der Waals surface area (Å²) in [5, 5.41) is 2.46. The van der Waals surface area contributed by atoms with Gasteiger partial charge in [0.2, 0.25) is 0 Å². The van der Waals surface area contributed by atoms with Gasteiger partial charge in [0.25, 0.3) is 0 Å². The lowest BCUT2D eigenvalue weighted by molar-refractivity contribution is 0.438. The molecule has 1 aliphatic heterocycles. The molecule has 0 radical (unpaired) electrons. The van der Waals surface area contributed by atoms with Crippen molar-refractivity contribution in [3.63, 3.8) is 0 Å². The van der Waals surface area contributed by atoms with Crippen molar-refractivity contribution in [3.05, 3.63) is 130 Å². The zero-order valence-corrected chi connectivity index (χ0v) is 18.2. The van der Waals surface area contributed by atoms with Gasteiger partial charge in [0, 0.05) is 15.6 Å². The summed E-state index contributed by atoms with van der Waals surface area (Å²) in [6, 6.07) is 37.0. The summed E-state index contributed by atoms with van der Waals surface area (Å²) in [5.74, 6) is 1.85. The fourth-order valence-electron chi connectivity index (χ4n) is 5.65. The van der Waals surface area contributed by atoms with Gasteiger partial charge in [-0.25, -0.2) is 0 Å². The molecule has 7 rings (SSSR count). The van der Waals surface area contributed by atoms with Crippen molar-refractivity contribution < 1.29 is 4.74 Å². The molecule has 0 N–H and O–H groups in total. The third-order valence-electron chi connectivity index (χ3n) is 6.78. The molecule has 31 heavy (non-hydrogen) atoms. The molecule has 1 nitrogen and oxygen atoms in total. The van der Waals surface area contributed by atoms with Crippen molar-refractivity contribution in [2.24, 2.45) is 0 Å². The van der Waals surface area contributed by atoms with Gasteiger partial charge in [0.1, 0.15) is 11.5 Å². The molecule has 0 saturated carbocycles. The van der Waals surface area contributed by atoms with Crippen LogP contribution in [0.25, 0.3) is 21.9 Å². The van der Waals surface area contributed by atoms with Crippen molar-refractivity contribution in [1.82, 2.24) is 0 Å². The lowest BCUT2D eigenvalue weighted by atomic mass is 9.65. The highest BCUT2D eigenvalue weighted by molar-refractivity contribution is 9.10. The van der Waals surface area contributed by atoms with Gasteiger partial charge in [0.15, 0.2) is 0 Å². The molecule has 0 aromatic heterocycles. The van der Waals surface area contributed by atoms with Gasteiger partial charge in [-0.05, 0) is 57.3 Å². The Morgan fingerprint density at radius 2 is 1.32 bits per heavy atom. The molecule has 1 aliphatic carbocycles. The molecular formula is C29H17BrO. The molecule has 0 amide bonds. The zero-order valence-electron chi connectivity index (χ0n) is 16.6. The molecule has 2 heteroatoms. The van der Waals surface area contributed by atoms with Crippen LogP contribution in [0.5, 0.6) is 11.5 Å². The Labute approximate surface area is 189 Å². The fourth-order valence-corrected chi connectivity index (χ4v) is 6.01. The van der Waals surface area contributed by atoms with Crippen LogP contribution in [-0.4, -0.2) is 0 Å². The van der Waals surface area contributed by atoms with Crippen molar-refractivity contribution in [2.75, 3.05) is 0 Å². The molecule has 1 atom stereocenters. The number of rotatable bonds is 0. The first kappa shape index (κ1) is 17.3. The first-order valence-corrected chi connectivity index (χ1v) is 11.3. The normalized spacial score (nSPS) is 17.6. The van der Waals surface area contributed by atoms with E-state index < -0.39 is 5.41 Å². The maximum Gasteiger partial charge on any atom is 0.132 e. The van der Waals surface area contributed by atoms with Crippen LogP contribution in [-0.2, 0) is 5.41 Å². The van der Waals surface area contributed by atoms with Crippen LogP contribution < -0.4 is 4.74 Å². The second kappa shape index (κ2) is 6.09. The van der Waals surface area contributed by atoms with E-state index in [4.69, 9.17) is 4.74 Å². The monoisotopic (exact) mass is 460 g/mol. The summed E-state index contributed by atoms with van der Waals surface area (Å²) in [5.41, 5.74) is 7.19. The Hall–Kier alpha value is -3.36. The van der Waals surface area contributed by atoms with E-state index in [-0.39, 0.29) is 0 Å². The standard InChI is InChI=1S/C29H17BrO/c30-19-14-15-22-21-9-3-4-10-23(21)29(25(22)17-19)24-11-5-6-12-26(24)31-27-16-13-18-7-1-2-8-20(18)28(27)29/h1-17H. The van der Waals surface area contributed by atoms with E-state index in [9.17, 15) is 0 Å². The number of benzene rings is 5. The smallest absolute Gasteiger partial charge is 0.132 e. The van der Waals surface area contributed by atoms with Crippen LogP contribution in [0.3, 0.4) is 0 Å². The Morgan fingerprint density at radius 1 is 0.581 bits per heavy atom. The van der Waals surface area contributed by atoms with E-state index in [0.717, 1.165) is 16.0 Å². The number of para-hydroxylation sites is 1. The fraction of sp³-hybridized carbons (Fsp3) is 0.0345. The van der Waals surface area contributed by atoms with Crippen LogP contribution >= 0.6 is 15.9 Å². The Balaban J connectivity index is 1.77. The summed E-state index contributed by atoms with van der Waals surface area (Å²) in [4.78, 5) is 0. The first-order valence-electron chi connectivity index (χ1n) is 10.5. The highest BCUT2D eigenvalue weighted by Crippen LogP contribution is 2.63. The molecule has 0 fully saturated rings. The Kier molecular flexibility index (Phi) is 3.40. The molecule has 5 aromatic rings. The van der Waals surface area contributed by atoms with Crippen LogP contribution in [0, 0.1) is 0 Å². The van der Waals surface area contributed by atoms with E-state index in [1.165, 1.54) is 44.2 Å². The van der Waals surface area contributed by atoms with Crippen LogP contribution in [0.15, 0.2) is 108 Å². The second-order valence-electron chi connectivity index (χ2n) is 8.24. The number of hydrogen-bond donors (Lipinski definition) is 0. The molecular weight excluding hydrogens is 444 g/mol. The van der Waals surface area contributed by atoms with Crippen LogP contribution in [0.1, 0.15) is 22.3 Å². The average molecular weight is 461 g/mol. The molecule has 1 spiro atoms. The number of ether oxygens (including phenoxy) is 1. The summed E-state index contributed by atoms with van der Waals surface area (Å²) < 4.78 is 7.61. The molecule has 146 valence electrons. The lowest BCUT2D eigenvalue weighted by Gasteiger charge is -2.40. The quantitative estimate of drug-likeness (QED) is 0.222. The summed E-state index contributed by atoms with van der Waals surface area (Å²) in [6.07, 6.45) is 0. The second-order valence-corrected chi connectivity index (χ2v) is 9.16. The SMILES string of the molecule is Brc1ccc2c(c1)C1(c3ccccc3Oc3ccc4ccccc4c31)c1ccccc1-2. The minimum Gasteiger partial charge on any atom is -0.457 e. The molecule has 1 unspecified atom stereocenters. The van der Waals surface area contributed by atoms with Crippen LogP contribution in [0.4, 0.5) is 0 Å². The van der Waals surface area contributed by atoms with Gasteiger partial charge in [-0.3, -0.25) is 0 Å². The average Bonchev–Trinajstić information content (AvgIpc) is 3.09. The van der Waals surface area contributed by atoms with Gasteiger partial charge in [0.05, 0.1) is 5.41 Å². The van der Waals surface area contributed by atoms with E-state index >= 15 is 0 Å². The van der Waals surface area contributed by atoms with Crippen molar-refractivity contribution in [2.45, 2.75) is 5.41 Å². The maximum absolute atomic E-state index is 6.52. The molecule has 1 heterocycles. The van der Waals surface area contributed by atoms with E-state index in [2.05, 4.69) is 119 Å². The number of halogens is 1. The van der Waals surface area contributed by atoms with E-state index in [0.29, 0.717) is 0 Å². The maximum atomic E-state index is 6.52. The van der Waals surface area contributed by atoms with Gasteiger partial charge in [-0.1, -0.05) is 94.8 Å². The first-order chi connectivity index (χ1) is 15.3. The summed E-state index contributed by atoms with van der Waals surface area (Å²) in [6.45, 7) is 0. The highest BCUT2D eigenvalue weighted by atomic mass is 79.9. The van der Waals surface area contributed by atoms with Crippen LogP contribution in [0.2, 0.25) is 0 Å². The molecule has 5 aromatic carbocycles. The lowest BCUT2D eigenvalue weighted by Crippen LogP contribution is -2.32. The van der Waals surface area contributed by atoms with Crippen molar-refractivity contribution >= 4 is 26.7 Å². The van der Waals surface area contributed by atoms with Crippen molar-refractivity contribution in [1.29, 1.82) is 0 Å². The molecule has 0 bridgehead atoms. The van der Waals surface area contributed by atoms with Gasteiger partial charge >= 0.3 is 0 Å². The van der Waals surface area contributed by atoms with Gasteiger partial charge in [-0.2, -0.15) is 0 Å². The van der Waals surface area contributed by atoms with Gasteiger partial charge < -0.3 is 4.74 Å². The Morgan fingerprint density at radius 3 is 2.26 bits per heavy atom. The number of hydrogen-bond acceptors (Lipinski definition) is 1. The van der Waals surface area contributed by atoms with E-state index in [1.54, 1.807) is 0 Å². The minimum atomic E-state index is -0.430. The zero-order chi connectivity index (χ0) is 20.6. The largest absolute Gasteiger partial charge is 0.457 e. The predicted octanol–water partition coefficient (Wildman–Crippen LogP) is 8.07. The summed E-state index contributed by atoms with van der Waals surface area (Å²) in [7, 11) is 0. The minimum absolute atomic E-state index is 0.430. The van der Waals surface area contributed by atoms with Crippen molar-refractivity contribution in [3.8, 4) is 22.6 Å². The highest BCUT2D eigenvalue weighted by Gasteiger charge is 2.51. The third kappa shape index (κ3) is 2.11. The predicted molar refractivity (Wildman–Crippen MR) is 129 cm³/mol. The topological polar surface area (TPSA) is 9.23 Å². The summed E-state index contributed by atoms with van der Waals surface area (Å²) >= 11 is 3.76. The molecule has 0 saturated heterocycles. The van der Waals surface area contributed by atoms with E-state index in [1.807, 2.05) is 0 Å².